The summed E-state index contributed by atoms with van der Waals surface area (Å²) in [6.07, 6.45) is 2.45. The average molecular weight is 310 g/mol. The first-order chi connectivity index (χ1) is 7.74. The van der Waals surface area contributed by atoms with E-state index in [9.17, 15) is 0 Å². The highest BCUT2D eigenvalue weighted by molar-refractivity contribution is 9.10. The smallest absolute Gasteiger partial charge is 0.140 e. The fourth-order valence-corrected chi connectivity index (χ4v) is 1.87. The van der Waals surface area contributed by atoms with E-state index in [2.05, 4.69) is 26.2 Å². The molecule has 16 heavy (non-hydrogen) atoms. The fraction of sp³-hybridized carbons (Fsp3) is 0.500. The molecule has 0 amide bonds. The number of hydrogen-bond acceptors (Lipinski definition) is 4. The Morgan fingerprint density at radius 1 is 1.50 bits per heavy atom. The topological polar surface area (TPSA) is 54.4 Å². The van der Waals surface area contributed by atoms with Gasteiger partial charge in [-0.25, -0.2) is 4.98 Å². The zero-order chi connectivity index (χ0) is 11.8. The lowest BCUT2D eigenvalue weighted by Crippen LogP contribution is -2.08. The largest absolute Gasteiger partial charge is 0.394 e. The van der Waals surface area contributed by atoms with Gasteiger partial charge in [-0.15, -0.1) is 0 Å². The van der Waals surface area contributed by atoms with E-state index in [0.29, 0.717) is 18.2 Å². The van der Waals surface area contributed by atoms with Crippen LogP contribution in [0.5, 0.6) is 0 Å². The molecule has 0 saturated heterocycles. The number of pyridine rings is 1. The van der Waals surface area contributed by atoms with E-state index in [-0.39, 0.29) is 6.61 Å². The second-order valence-electron chi connectivity index (χ2n) is 3.10. The van der Waals surface area contributed by atoms with Crippen LogP contribution in [-0.4, -0.2) is 36.5 Å². The van der Waals surface area contributed by atoms with Gasteiger partial charge in [0.05, 0.1) is 22.7 Å². The Bertz CT molecular complexity index is 326. The van der Waals surface area contributed by atoms with Gasteiger partial charge >= 0.3 is 0 Å². The van der Waals surface area contributed by atoms with E-state index >= 15 is 0 Å². The van der Waals surface area contributed by atoms with Crippen LogP contribution in [0.3, 0.4) is 0 Å². The maximum absolute atomic E-state index is 8.49. The monoisotopic (exact) mass is 308 g/mol. The summed E-state index contributed by atoms with van der Waals surface area (Å²) < 4.78 is 5.97. The normalized spacial score (nSPS) is 10.4. The summed E-state index contributed by atoms with van der Waals surface area (Å²) in [7, 11) is 0. The molecule has 0 atom stereocenters. The van der Waals surface area contributed by atoms with Crippen molar-refractivity contribution in [3.8, 4) is 0 Å². The van der Waals surface area contributed by atoms with Crippen molar-refractivity contribution in [2.45, 2.75) is 6.42 Å². The number of halogens is 2. The molecule has 0 bridgehead atoms. The Balaban J connectivity index is 2.21. The van der Waals surface area contributed by atoms with Crippen molar-refractivity contribution in [2.75, 3.05) is 31.7 Å². The second kappa shape index (κ2) is 7.84. The van der Waals surface area contributed by atoms with Gasteiger partial charge in [0.2, 0.25) is 0 Å². The maximum atomic E-state index is 8.49. The molecule has 6 heteroatoms. The molecule has 0 aliphatic rings. The summed E-state index contributed by atoms with van der Waals surface area (Å²) in [5, 5.41) is 12.3. The van der Waals surface area contributed by atoms with Gasteiger partial charge in [0.25, 0.3) is 0 Å². The first kappa shape index (κ1) is 13.7. The summed E-state index contributed by atoms with van der Waals surface area (Å²) in [5.41, 5.74) is 0. The zero-order valence-corrected chi connectivity index (χ0v) is 11.1. The number of nitrogens with zero attached hydrogens (tertiary/aromatic N) is 1. The van der Waals surface area contributed by atoms with E-state index < -0.39 is 0 Å². The highest BCUT2D eigenvalue weighted by Crippen LogP contribution is 2.22. The summed E-state index contributed by atoms with van der Waals surface area (Å²) >= 11 is 9.14. The predicted molar refractivity (Wildman–Crippen MR) is 68.0 cm³/mol. The van der Waals surface area contributed by atoms with Gasteiger partial charge < -0.3 is 15.2 Å². The van der Waals surface area contributed by atoms with Gasteiger partial charge in [-0.1, -0.05) is 11.6 Å². The van der Waals surface area contributed by atoms with Crippen molar-refractivity contribution < 1.29 is 9.84 Å². The lowest BCUT2D eigenvalue weighted by molar-refractivity contribution is 0.0922. The number of nitrogens with one attached hydrogen (secondary N) is 1. The molecule has 0 spiro atoms. The SMILES string of the molecule is OCCOCCCNc1ncc(Cl)cc1Br. The van der Waals surface area contributed by atoms with E-state index in [1.165, 1.54) is 0 Å². The number of rotatable bonds is 7. The van der Waals surface area contributed by atoms with Gasteiger partial charge in [-0.2, -0.15) is 0 Å². The van der Waals surface area contributed by atoms with Crippen LogP contribution in [0, 0.1) is 0 Å². The van der Waals surface area contributed by atoms with E-state index in [1.807, 2.05) is 0 Å². The molecule has 0 aliphatic carbocycles. The van der Waals surface area contributed by atoms with Crippen molar-refractivity contribution in [2.24, 2.45) is 0 Å². The third kappa shape index (κ3) is 5.12. The van der Waals surface area contributed by atoms with Gasteiger partial charge in [0.15, 0.2) is 0 Å². The van der Waals surface area contributed by atoms with Gasteiger partial charge in [-0.3, -0.25) is 0 Å². The quantitative estimate of drug-likeness (QED) is 0.759. The number of aliphatic hydroxyl groups excluding tert-OH is 1. The Kier molecular flexibility index (Phi) is 6.71. The highest BCUT2D eigenvalue weighted by Gasteiger charge is 2.00. The first-order valence-electron chi connectivity index (χ1n) is 4.97. The molecule has 0 aromatic carbocycles. The van der Waals surface area contributed by atoms with Crippen LogP contribution >= 0.6 is 27.5 Å². The van der Waals surface area contributed by atoms with Crippen LogP contribution in [0.25, 0.3) is 0 Å². The predicted octanol–water partition coefficient (Wildman–Crippen LogP) is 2.31. The van der Waals surface area contributed by atoms with E-state index in [0.717, 1.165) is 23.3 Å². The second-order valence-corrected chi connectivity index (χ2v) is 4.39. The van der Waals surface area contributed by atoms with E-state index in [1.54, 1.807) is 12.3 Å². The minimum absolute atomic E-state index is 0.0672. The number of aromatic nitrogens is 1. The average Bonchev–Trinajstić information content (AvgIpc) is 2.26. The molecule has 0 fully saturated rings. The van der Waals surface area contributed by atoms with Crippen LogP contribution < -0.4 is 5.32 Å². The van der Waals surface area contributed by atoms with Crippen LogP contribution in [0.1, 0.15) is 6.42 Å². The first-order valence-corrected chi connectivity index (χ1v) is 6.14. The zero-order valence-electron chi connectivity index (χ0n) is 8.75. The Hall–Kier alpha value is -0.360. The molecule has 0 saturated carbocycles. The lowest BCUT2D eigenvalue weighted by atomic mass is 10.4. The minimum atomic E-state index is 0.0672. The third-order valence-corrected chi connectivity index (χ3v) is 2.61. The van der Waals surface area contributed by atoms with Crippen molar-refractivity contribution in [3.63, 3.8) is 0 Å². The number of aliphatic hydroxyl groups is 1. The minimum Gasteiger partial charge on any atom is -0.394 e. The molecule has 1 heterocycles. The van der Waals surface area contributed by atoms with Crippen LogP contribution in [0.4, 0.5) is 5.82 Å². The molecule has 1 aromatic heterocycles. The van der Waals surface area contributed by atoms with E-state index in [4.69, 9.17) is 21.4 Å². The van der Waals surface area contributed by atoms with Crippen molar-refractivity contribution in [1.29, 1.82) is 0 Å². The summed E-state index contributed by atoms with van der Waals surface area (Å²) in [4.78, 5) is 4.14. The molecular formula is C10H14BrClN2O2. The number of hydrogen-bond donors (Lipinski definition) is 2. The molecule has 4 nitrogen and oxygen atoms in total. The molecule has 0 unspecified atom stereocenters. The lowest BCUT2D eigenvalue weighted by Gasteiger charge is -2.07. The molecule has 0 radical (unpaired) electrons. The summed E-state index contributed by atoms with van der Waals surface area (Å²) in [6, 6.07) is 1.79. The standard InChI is InChI=1S/C10H14BrClN2O2/c11-9-6-8(12)7-14-10(9)13-2-1-4-16-5-3-15/h6-7,15H,1-5H2,(H,13,14). The van der Waals surface area contributed by atoms with Gasteiger partial charge in [0.1, 0.15) is 5.82 Å². The Labute approximate surface area is 108 Å². The summed E-state index contributed by atoms with van der Waals surface area (Å²) in [6.45, 7) is 1.85. The van der Waals surface area contributed by atoms with Crippen LogP contribution in [0.2, 0.25) is 5.02 Å². The Morgan fingerprint density at radius 3 is 3.00 bits per heavy atom. The Morgan fingerprint density at radius 2 is 2.31 bits per heavy atom. The molecular weight excluding hydrogens is 295 g/mol. The van der Waals surface area contributed by atoms with Gasteiger partial charge in [-0.05, 0) is 28.4 Å². The maximum Gasteiger partial charge on any atom is 0.140 e. The molecule has 1 aromatic rings. The van der Waals surface area contributed by atoms with Crippen molar-refractivity contribution >= 4 is 33.3 Å². The van der Waals surface area contributed by atoms with Crippen molar-refractivity contribution in [1.82, 2.24) is 4.98 Å². The number of anilines is 1. The molecule has 0 aliphatic heterocycles. The summed E-state index contributed by atoms with van der Waals surface area (Å²) in [5.74, 6) is 0.770. The molecule has 90 valence electrons. The van der Waals surface area contributed by atoms with Crippen LogP contribution in [0.15, 0.2) is 16.7 Å². The fourth-order valence-electron chi connectivity index (χ4n) is 1.09. The van der Waals surface area contributed by atoms with Crippen molar-refractivity contribution in [3.05, 3.63) is 21.8 Å². The highest BCUT2D eigenvalue weighted by atomic mass is 79.9. The molecule has 1 rings (SSSR count). The number of ether oxygens (including phenoxy) is 1. The third-order valence-electron chi connectivity index (χ3n) is 1.80. The van der Waals surface area contributed by atoms with Gasteiger partial charge in [0, 0.05) is 19.3 Å². The van der Waals surface area contributed by atoms with Crippen LogP contribution in [-0.2, 0) is 4.74 Å². The molecule has 2 N–H and O–H groups in total.